The minimum Gasteiger partial charge on any atom is -0.459 e. The molecule has 2 aromatic rings. The highest BCUT2D eigenvalue weighted by atomic mass is 16.3. The topological polar surface area (TPSA) is 51.2 Å². The second-order valence-electron chi connectivity index (χ2n) is 5.52. The van der Waals surface area contributed by atoms with E-state index in [1.807, 2.05) is 18.2 Å². The molecule has 1 unspecified atom stereocenters. The minimum absolute atomic E-state index is 0.000463. The molecule has 0 amide bonds. The van der Waals surface area contributed by atoms with Crippen molar-refractivity contribution in [1.29, 1.82) is 0 Å². The van der Waals surface area contributed by atoms with E-state index >= 15 is 0 Å². The lowest BCUT2D eigenvalue weighted by Gasteiger charge is -2.19. The zero-order chi connectivity index (χ0) is 13.8. The Kier molecular flexibility index (Phi) is 4.19. The van der Waals surface area contributed by atoms with Crippen molar-refractivity contribution in [3.8, 4) is 0 Å². The lowest BCUT2D eigenvalue weighted by molar-refractivity contribution is 0.457. The van der Waals surface area contributed by atoms with Gasteiger partial charge in [0, 0.05) is 5.39 Å². The average molecular weight is 270 g/mol. The molecule has 0 fully saturated rings. The fourth-order valence-electron chi connectivity index (χ4n) is 3.00. The van der Waals surface area contributed by atoms with Crippen LogP contribution in [0.15, 0.2) is 46.4 Å². The molecule has 0 aliphatic heterocycles. The highest BCUT2D eigenvalue weighted by Gasteiger charge is 2.19. The first-order valence-corrected chi connectivity index (χ1v) is 7.52. The number of allylic oxidation sites excluding steroid dienone is 1. The second-order valence-corrected chi connectivity index (χ2v) is 5.52. The van der Waals surface area contributed by atoms with Crippen LogP contribution in [0, 0.1) is 0 Å². The second kappa shape index (κ2) is 6.25. The number of benzene rings is 1. The molecule has 0 radical (unpaired) electrons. The van der Waals surface area contributed by atoms with Crippen LogP contribution in [-0.2, 0) is 0 Å². The fraction of sp³-hybridized carbons (Fsp3) is 0.412. The first kappa shape index (κ1) is 13.4. The summed E-state index contributed by atoms with van der Waals surface area (Å²) in [4.78, 5) is 0. The van der Waals surface area contributed by atoms with E-state index in [2.05, 4.69) is 23.6 Å². The van der Waals surface area contributed by atoms with E-state index in [1.54, 1.807) is 0 Å². The number of furan rings is 1. The van der Waals surface area contributed by atoms with Gasteiger partial charge >= 0.3 is 0 Å². The molecule has 1 heterocycles. The first-order valence-electron chi connectivity index (χ1n) is 7.52. The van der Waals surface area contributed by atoms with Gasteiger partial charge in [0.15, 0.2) is 0 Å². The van der Waals surface area contributed by atoms with Crippen LogP contribution < -0.4 is 11.3 Å². The largest absolute Gasteiger partial charge is 0.459 e. The SMILES string of the molecule is NNC(/C1=C/CCCCCC1)c1cc2ccccc2o1. The van der Waals surface area contributed by atoms with Gasteiger partial charge in [-0.05, 0) is 43.4 Å². The molecule has 1 aromatic heterocycles. The van der Waals surface area contributed by atoms with E-state index < -0.39 is 0 Å². The van der Waals surface area contributed by atoms with Crippen LogP contribution in [0.3, 0.4) is 0 Å². The highest BCUT2D eigenvalue weighted by molar-refractivity contribution is 5.77. The summed E-state index contributed by atoms with van der Waals surface area (Å²) in [7, 11) is 0. The summed E-state index contributed by atoms with van der Waals surface area (Å²) in [5, 5.41) is 1.13. The van der Waals surface area contributed by atoms with Crippen LogP contribution in [0.25, 0.3) is 11.0 Å². The Morgan fingerprint density at radius 2 is 1.95 bits per heavy atom. The Labute approximate surface area is 119 Å². The lowest BCUT2D eigenvalue weighted by atomic mass is 9.94. The molecule has 3 rings (SSSR count). The van der Waals surface area contributed by atoms with Gasteiger partial charge in [-0.25, -0.2) is 5.43 Å². The predicted molar refractivity (Wildman–Crippen MR) is 82.1 cm³/mol. The number of nitrogens with two attached hydrogens (primary N) is 1. The molecule has 3 nitrogen and oxygen atoms in total. The maximum atomic E-state index is 5.96. The van der Waals surface area contributed by atoms with E-state index in [9.17, 15) is 0 Å². The molecular weight excluding hydrogens is 248 g/mol. The predicted octanol–water partition coefficient (Wildman–Crippen LogP) is 4.22. The zero-order valence-corrected chi connectivity index (χ0v) is 11.8. The van der Waals surface area contributed by atoms with Crippen molar-refractivity contribution in [1.82, 2.24) is 5.43 Å². The summed E-state index contributed by atoms with van der Waals surface area (Å²) >= 11 is 0. The van der Waals surface area contributed by atoms with Gasteiger partial charge in [0.05, 0.1) is 6.04 Å². The quantitative estimate of drug-likeness (QED) is 0.499. The smallest absolute Gasteiger partial charge is 0.134 e. The van der Waals surface area contributed by atoms with Crippen LogP contribution in [0.1, 0.15) is 50.3 Å². The van der Waals surface area contributed by atoms with E-state index in [-0.39, 0.29) is 6.04 Å². The summed E-state index contributed by atoms with van der Waals surface area (Å²) in [6, 6.07) is 10.2. The van der Waals surface area contributed by atoms with E-state index in [4.69, 9.17) is 10.3 Å². The third-order valence-electron chi connectivity index (χ3n) is 4.09. The van der Waals surface area contributed by atoms with Crippen LogP contribution in [-0.4, -0.2) is 0 Å². The third kappa shape index (κ3) is 2.79. The van der Waals surface area contributed by atoms with E-state index in [0.29, 0.717) is 0 Å². The molecule has 0 bridgehead atoms. The number of hydrazine groups is 1. The van der Waals surface area contributed by atoms with Crippen molar-refractivity contribution in [2.75, 3.05) is 0 Å². The Balaban J connectivity index is 1.91. The van der Waals surface area contributed by atoms with Crippen molar-refractivity contribution in [3.05, 3.63) is 47.7 Å². The van der Waals surface area contributed by atoms with Crippen molar-refractivity contribution in [3.63, 3.8) is 0 Å². The molecule has 0 saturated heterocycles. The summed E-state index contributed by atoms with van der Waals surface area (Å²) in [6.45, 7) is 0. The number of para-hydroxylation sites is 1. The number of hydrogen-bond donors (Lipinski definition) is 2. The van der Waals surface area contributed by atoms with Gasteiger partial charge < -0.3 is 4.42 Å². The number of rotatable bonds is 3. The van der Waals surface area contributed by atoms with Crippen molar-refractivity contribution >= 4 is 11.0 Å². The molecule has 1 atom stereocenters. The van der Waals surface area contributed by atoms with Crippen molar-refractivity contribution in [2.24, 2.45) is 5.84 Å². The molecule has 106 valence electrons. The standard InChI is InChI=1S/C17H22N2O/c18-19-17(13-8-4-2-1-3-5-9-13)16-12-14-10-6-7-11-15(14)20-16/h6-8,10-12,17,19H,1-5,9,18H2/b13-8+. The molecule has 20 heavy (non-hydrogen) atoms. The number of nitrogens with one attached hydrogen (secondary N) is 1. The van der Waals surface area contributed by atoms with Crippen molar-refractivity contribution < 1.29 is 4.42 Å². The monoisotopic (exact) mass is 270 g/mol. The normalized spacial score (nSPS) is 20.9. The van der Waals surface area contributed by atoms with Gasteiger partial charge in [0.25, 0.3) is 0 Å². The van der Waals surface area contributed by atoms with Gasteiger partial charge in [-0.2, -0.15) is 0 Å². The van der Waals surface area contributed by atoms with Crippen molar-refractivity contribution in [2.45, 2.75) is 44.6 Å². The summed E-state index contributed by atoms with van der Waals surface area (Å²) in [5.74, 6) is 6.71. The van der Waals surface area contributed by atoms with Gasteiger partial charge in [0.2, 0.25) is 0 Å². The highest BCUT2D eigenvalue weighted by Crippen LogP contribution is 2.31. The Hall–Kier alpha value is -1.58. The molecule has 0 saturated carbocycles. The molecule has 3 N–H and O–H groups in total. The molecule has 1 aliphatic rings. The molecule has 3 heteroatoms. The molecule has 0 spiro atoms. The number of hydrogen-bond acceptors (Lipinski definition) is 3. The molecular formula is C17H22N2O. The Morgan fingerprint density at radius 1 is 1.10 bits per heavy atom. The third-order valence-corrected chi connectivity index (χ3v) is 4.09. The van der Waals surface area contributed by atoms with Crippen LogP contribution in [0.4, 0.5) is 0 Å². The molecule has 1 aromatic carbocycles. The van der Waals surface area contributed by atoms with Gasteiger partial charge in [-0.3, -0.25) is 5.84 Å². The molecule has 1 aliphatic carbocycles. The van der Waals surface area contributed by atoms with Gasteiger partial charge in [0.1, 0.15) is 11.3 Å². The Bertz CT molecular complexity index is 567. The van der Waals surface area contributed by atoms with Crippen LogP contribution >= 0.6 is 0 Å². The van der Waals surface area contributed by atoms with Gasteiger partial charge in [-0.1, -0.05) is 37.1 Å². The average Bonchev–Trinajstić information content (AvgIpc) is 2.85. The maximum absolute atomic E-state index is 5.96. The van der Waals surface area contributed by atoms with Crippen LogP contribution in [0.5, 0.6) is 0 Å². The first-order chi connectivity index (χ1) is 9.88. The zero-order valence-electron chi connectivity index (χ0n) is 11.8. The Morgan fingerprint density at radius 3 is 2.80 bits per heavy atom. The summed E-state index contributed by atoms with van der Waals surface area (Å²) in [6.07, 6.45) is 9.77. The van der Waals surface area contributed by atoms with Crippen LogP contribution in [0.2, 0.25) is 0 Å². The summed E-state index contributed by atoms with van der Waals surface area (Å²) < 4.78 is 5.96. The fourth-order valence-corrected chi connectivity index (χ4v) is 3.00. The van der Waals surface area contributed by atoms with E-state index in [1.165, 1.54) is 31.3 Å². The lowest BCUT2D eigenvalue weighted by Crippen LogP contribution is -2.29. The maximum Gasteiger partial charge on any atom is 0.134 e. The van der Waals surface area contributed by atoms with Gasteiger partial charge in [-0.15, -0.1) is 0 Å². The number of fused-ring (bicyclic) bond motifs is 1. The minimum atomic E-state index is 0.000463. The van der Waals surface area contributed by atoms with E-state index in [0.717, 1.165) is 29.6 Å². The summed E-state index contributed by atoms with van der Waals surface area (Å²) in [5.41, 5.74) is 5.23.